The number of hydrogen-bond donors (Lipinski definition) is 1. The van der Waals surface area contributed by atoms with Gasteiger partial charge in [-0.3, -0.25) is 4.99 Å². The van der Waals surface area contributed by atoms with Crippen LogP contribution in [0.5, 0.6) is 0 Å². The number of aryl methyl sites for hydroxylation is 1. The lowest BCUT2D eigenvalue weighted by atomic mass is 10.3. The van der Waals surface area contributed by atoms with E-state index in [1.807, 2.05) is 35.3 Å². The quantitative estimate of drug-likeness (QED) is 0.273. The summed E-state index contributed by atoms with van der Waals surface area (Å²) < 4.78 is 1.90. The predicted molar refractivity (Wildman–Crippen MR) is 132 cm³/mol. The van der Waals surface area contributed by atoms with Gasteiger partial charge in [0, 0.05) is 55.9 Å². The first-order valence-electron chi connectivity index (χ1n) is 9.71. The zero-order chi connectivity index (χ0) is 19.8. The van der Waals surface area contributed by atoms with Crippen molar-refractivity contribution in [1.82, 2.24) is 25.0 Å². The van der Waals surface area contributed by atoms with Crippen molar-refractivity contribution < 1.29 is 0 Å². The Balaban J connectivity index is 0.00000300. The molecule has 0 aliphatic heterocycles. The summed E-state index contributed by atoms with van der Waals surface area (Å²) >= 11 is 1.78. The Hall–Kier alpha value is -1.94. The topological polar surface area (TPSA) is 58.3 Å². The molecule has 0 atom stereocenters. The number of aliphatic imine (C=N–C) groups is 1. The number of nitrogens with zero attached hydrogens (tertiary/aromatic N) is 5. The van der Waals surface area contributed by atoms with E-state index in [2.05, 4.69) is 59.5 Å². The standard InChI is InChI=1S/C21H28N6S.HI/c1-4-19-14-24-20(28-19)11-12-23-21(22-5-2)26(3)15-17-13-25-27(16-17)18-9-7-6-8-10-18;/h6-10,13-14,16H,4-5,11-12,15H2,1-3H3,(H,22,23);1H. The predicted octanol–water partition coefficient (Wildman–Crippen LogP) is 4.15. The number of nitrogens with one attached hydrogen (secondary N) is 1. The molecule has 156 valence electrons. The van der Waals surface area contributed by atoms with Crippen molar-refractivity contribution in [2.75, 3.05) is 20.1 Å². The van der Waals surface area contributed by atoms with Crippen molar-refractivity contribution in [2.24, 2.45) is 4.99 Å². The molecule has 1 N–H and O–H groups in total. The first kappa shape index (κ1) is 23.3. The molecular formula is C21H29IN6S. The zero-order valence-corrected chi connectivity index (χ0v) is 20.4. The van der Waals surface area contributed by atoms with Gasteiger partial charge in [0.05, 0.1) is 16.9 Å². The number of aromatic nitrogens is 3. The lowest BCUT2D eigenvalue weighted by Gasteiger charge is -2.21. The van der Waals surface area contributed by atoms with Gasteiger partial charge in [-0.2, -0.15) is 5.10 Å². The average molecular weight is 524 g/mol. The number of halogens is 1. The molecule has 2 aromatic heterocycles. The van der Waals surface area contributed by atoms with E-state index in [0.29, 0.717) is 0 Å². The van der Waals surface area contributed by atoms with Crippen LogP contribution in [0, 0.1) is 0 Å². The number of para-hydroxylation sites is 1. The first-order valence-corrected chi connectivity index (χ1v) is 10.5. The fourth-order valence-corrected chi connectivity index (χ4v) is 3.72. The molecule has 0 fully saturated rings. The molecule has 29 heavy (non-hydrogen) atoms. The fraction of sp³-hybridized carbons (Fsp3) is 0.381. The maximum Gasteiger partial charge on any atom is 0.193 e. The van der Waals surface area contributed by atoms with Gasteiger partial charge in [-0.05, 0) is 25.5 Å². The van der Waals surface area contributed by atoms with Crippen LogP contribution in [0.25, 0.3) is 5.69 Å². The lowest BCUT2D eigenvalue weighted by Crippen LogP contribution is -2.38. The third-order valence-corrected chi connectivity index (χ3v) is 5.51. The summed E-state index contributed by atoms with van der Waals surface area (Å²) in [4.78, 5) is 12.7. The molecule has 2 heterocycles. The van der Waals surface area contributed by atoms with E-state index in [0.717, 1.165) is 54.7 Å². The minimum absolute atomic E-state index is 0. The van der Waals surface area contributed by atoms with Crippen molar-refractivity contribution in [3.8, 4) is 5.69 Å². The Labute approximate surface area is 194 Å². The van der Waals surface area contributed by atoms with Crippen LogP contribution in [0.3, 0.4) is 0 Å². The molecular weight excluding hydrogens is 495 g/mol. The van der Waals surface area contributed by atoms with Gasteiger partial charge in [0.25, 0.3) is 0 Å². The van der Waals surface area contributed by atoms with Crippen LogP contribution < -0.4 is 5.32 Å². The molecule has 0 saturated carbocycles. The Morgan fingerprint density at radius 1 is 1.21 bits per heavy atom. The van der Waals surface area contributed by atoms with Gasteiger partial charge in [-0.25, -0.2) is 9.67 Å². The normalized spacial score (nSPS) is 11.2. The number of benzene rings is 1. The molecule has 0 aliphatic carbocycles. The summed E-state index contributed by atoms with van der Waals surface area (Å²) in [5, 5.41) is 9.01. The maximum absolute atomic E-state index is 4.78. The molecule has 3 aromatic rings. The van der Waals surface area contributed by atoms with Crippen LogP contribution in [0.4, 0.5) is 0 Å². The zero-order valence-electron chi connectivity index (χ0n) is 17.2. The molecule has 0 saturated heterocycles. The van der Waals surface area contributed by atoms with E-state index < -0.39 is 0 Å². The second kappa shape index (κ2) is 11.9. The molecule has 0 amide bonds. The number of rotatable bonds is 8. The molecule has 8 heteroatoms. The van der Waals surface area contributed by atoms with E-state index in [4.69, 9.17) is 4.99 Å². The van der Waals surface area contributed by atoms with Crippen molar-refractivity contribution in [3.63, 3.8) is 0 Å². The van der Waals surface area contributed by atoms with Gasteiger partial charge in [-0.15, -0.1) is 35.3 Å². The summed E-state index contributed by atoms with van der Waals surface area (Å²) in [6.07, 6.45) is 7.87. The first-order chi connectivity index (χ1) is 13.7. The van der Waals surface area contributed by atoms with Crippen LogP contribution in [-0.4, -0.2) is 45.8 Å². The summed E-state index contributed by atoms with van der Waals surface area (Å²) in [6.45, 7) is 6.56. The molecule has 0 aliphatic rings. The van der Waals surface area contributed by atoms with Gasteiger partial charge in [0.15, 0.2) is 5.96 Å². The highest BCUT2D eigenvalue weighted by molar-refractivity contribution is 14.0. The smallest absolute Gasteiger partial charge is 0.193 e. The molecule has 0 radical (unpaired) electrons. The second-order valence-electron chi connectivity index (χ2n) is 6.54. The minimum atomic E-state index is 0. The highest BCUT2D eigenvalue weighted by Gasteiger charge is 2.09. The van der Waals surface area contributed by atoms with Crippen molar-refractivity contribution in [3.05, 3.63) is 64.4 Å². The van der Waals surface area contributed by atoms with Crippen LogP contribution in [0.1, 0.15) is 29.3 Å². The number of thiazole rings is 1. The van der Waals surface area contributed by atoms with Gasteiger partial charge in [0.1, 0.15) is 0 Å². The van der Waals surface area contributed by atoms with E-state index in [1.54, 1.807) is 11.3 Å². The van der Waals surface area contributed by atoms with Crippen molar-refractivity contribution in [2.45, 2.75) is 33.2 Å². The Morgan fingerprint density at radius 2 is 2.00 bits per heavy atom. The highest BCUT2D eigenvalue weighted by Crippen LogP contribution is 2.14. The van der Waals surface area contributed by atoms with E-state index in [9.17, 15) is 0 Å². The third kappa shape index (κ3) is 6.81. The highest BCUT2D eigenvalue weighted by atomic mass is 127. The monoisotopic (exact) mass is 524 g/mol. The van der Waals surface area contributed by atoms with Crippen molar-refractivity contribution >= 4 is 41.3 Å². The second-order valence-corrected chi connectivity index (χ2v) is 7.74. The molecule has 0 bridgehead atoms. The van der Waals surface area contributed by atoms with Gasteiger partial charge < -0.3 is 10.2 Å². The van der Waals surface area contributed by atoms with Crippen LogP contribution >= 0.6 is 35.3 Å². The summed E-state index contributed by atoms with van der Waals surface area (Å²) in [5.74, 6) is 0.905. The molecule has 0 spiro atoms. The number of hydrogen-bond acceptors (Lipinski definition) is 4. The molecule has 1 aromatic carbocycles. The van der Waals surface area contributed by atoms with E-state index in [1.165, 1.54) is 4.88 Å². The minimum Gasteiger partial charge on any atom is -0.357 e. The van der Waals surface area contributed by atoms with Gasteiger partial charge >= 0.3 is 0 Å². The van der Waals surface area contributed by atoms with Gasteiger partial charge in [-0.1, -0.05) is 25.1 Å². The summed E-state index contributed by atoms with van der Waals surface area (Å²) in [6, 6.07) is 10.1. The Bertz CT molecular complexity index is 889. The third-order valence-electron chi connectivity index (χ3n) is 4.31. The molecule has 6 nitrogen and oxygen atoms in total. The van der Waals surface area contributed by atoms with Crippen LogP contribution in [-0.2, 0) is 19.4 Å². The van der Waals surface area contributed by atoms with Crippen LogP contribution in [0.2, 0.25) is 0 Å². The largest absolute Gasteiger partial charge is 0.357 e. The Kier molecular flexibility index (Phi) is 9.59. The summed E-state index contributed by atoms with van der Waals surface area (Å²) in [5.41, 5.74) is 2.20. The SMILES string of the molecule is CCNC(=NCCc1ncc(CC)s1)N(C)Cc1cnn(-c2ccccc2)c1.I. The maximum atomic E-state index is 4.78. The number of guanidine groups is 1. The lowest BCUT2D eigenvalue weighted by molar-refractivity contribution is 0.477. The van der Waals surface area contributed by atoms with Gasteiger partial charge in [0.2, 0.25) is 0 Å². The molecule has 0 unspecified atom stereocenters. The van der Waals surface area contributed by atoms with Crippen molar-refractivity contribution in [1.29, 1.82) is 0 Å². The Morgan fingerprint density at radius 3 is 2.69 bits per heavy atom. The van der Waals surface area contributed by atoms with E-state index >= 15 is 0 Å². The summed E-state index contributed by atoms with van der Waals surface area (Å²) in [7, 11) is 2.06. The van der Waals surface area contributed by atoms with Crippen LogP contribution in [0.15, 0.2) is 53.9 Å². The molecule has 3 rings (SSSR count). The average Bonchev–Trinajstić information content (AvgIpc) is 3.37. The van der Waals surface area contributed by atoms with E-state index in [-0.39, 0.29) is 24.0 Å². The fourth-order valence-electron chi connectivity index (χ4n) is 2.87.